The van der Waals surface area contributed by atoms with Crippen molar-refractivity contribution in [1.82, 2.24) is 4.57 Å². The van der Waals surface area contributed by atoms with E-state index in [-0.39, 0.29) is 5.88 Å². The highest BCUT2D eigenvalue weighted by molar-refractivity contribution is 5.86. The SMILES string of the molecule is N#Cn1c(O)c2ccccc2cc1=O. The standard InChI is InChI=1S/C10H6N2O2/c11-6-12-9(13)5-7-3-1-2-4-8(7)10(12)14/h1-5,14H. The van der Waals surface area contributed by atoms with Crippen molar-refractivity contribution in [3.63, 3.8) is 0 Å². The maximum absolute atomic E-state index is 11.3. The van der Waals surface area contributed by atoms with Gasteiger partial charge in [-0.15, -0.1) is 0 Å². The third-order valence-electron chi connectivity index (χ3n) is 2.01. The number of hydrogen-bond donors (Lipinski definition) is 1. The number of nitriles is 1. The molecule has 0 aliphatic rings. The van der Waals surface area contributed by atoms with E-state index in [9.17, 15) is 9.90 Å². The minimum absolute atomic E-state index is 0.310. The van der Waals surface area contributed by atoms with E-state index in [0.29, 0.717) is 15.3 Å². The van der Waals surface area contributed by atoms with Gasteiger partial charge in [-0.2, -0.15) is 9.83 Å². The van der Waals surface area contributed by atoms with Crippen LogP contribution < -0.4 is 5.56 Å². The van der Waals surface area contributed by atoms with Gasteiger partial charge < -0.3 is 5.11 Å². The normalized spacial score (nSPS) is 9.93. The molecule has 2 aromatic rings. The van der Waals surface area contributed by atoms with E-state index in [1.54, 1.807) is 30.5 Å². The lowest BCUT2D eigenvalue weighted by Gasteiger charge is -2.02. The fourth-order valence-corrected chi connectivity index (χ4v) is 1.35. The van der Waals surface area contributed by atoms with Crippen LogP contribution in [0.4, 0.5) is 0 Å². The van der Waals surface area contributed by atoms with Crippen molar-refractivity contribution in [2.24, 2.45) is 0 Å². The summed E-state index contributed by atoms with van der Waals surface area (Å²) in [5, 5.41) is 19.3. The molecule has 0 saturated carbocycles. The molecule has 1 heterocycles. The number of pyridine rings is 1. The van der Waals surface area contributed by atoms with Gasteiger partial charge in [0.25, 0.3) is 5.56 Å². The Morgan fingerprint density at radius 3 is 2.79 bits per heavy atom. The van der Waals surface area contributed by atoms with Crippen molar-refractivity contribution in [2.45, 2.75) is 0 Å². The van der Waals surface area contributed by atoms with Crippen molar-refractivity contribution in [3.8, 4) is 12.1 Å². The summed E-state index contributed by atoms with van der Waals surface area (Å²) in [5.41, 5.74) is -0.524. The van der Waals surface area contributed by atoms with Gasteiger partial charge in [0.2, 0.25) is 5.88 Å². The molecule has 4 heteroatoms. The fraction of sp³-hybridized carbons (Fsp3) is 0. The highest BCUT2D eigenvalue weighted by Gasteiger charge is 2.06. The summed E-state index contributed by atoms with van der Waals surface area (Å²) in [6.45, 7) is 0. The molecule has 0 atom stereocenters. The van der Waals surface area contributed by atoms with E-state index >= 15 is 0 Å². The zero-order valence-corrected chi connectivity index (χ0v) is 7.14. The number of fused-ring (bicyclic) bond motifs is 1. The Morgan fingerprint density at radius 2 is 2.07 bits per heavy atom. The molecule has 0 aliphatic carbocycles. The Bertz CT molecular complexity index is 593. The zero-order chi connectivity index (χ0) is 10.1. The largest absolute Gasteiger partial charge is 0.493 e. The minimum Gasteiger partial charge on any atom is -0.493 e. The third-order valence-corrected chi connectivity index (χ3v) is 2.01. The monoisotopic (exact) mass is 186 g/mol. The first kappa shape index (κ1) is 8.32. The van der Waals surface area contributed by atoms with Gasteiger partial charge in [-0.3, -0.25) is 4.79 Å². The first-order valence-electron chi connectivity index (χ1n) is 3.98. The number of aromatic hydroxyl groups is 1. The van der Waals surface area contributed by atoms with E-state index in [4.69, 9.17) is 5.26 Å². The Balaban J connectivity index is 3.02. The number of rotatable bonds is 0. The lowest BCUT2D eigenvalue weighted by molar-refractivity contribution is 0.444. The molecule has 0 radical (unpaired) electrons. The van der Waals surface area contributed by atoms with Gasteiger partial charge in [0.05, 0.1) is 0 Å². The van der Waals surface area contributed by atoms with Gasteiger partial charge in [-0.25, -0.2) is 0 Å². The Kier molecular flexibility index (Phi) is 1.72. The second-order valence-electron chi connectivity index (χ2n) is 2.83. The lowest BCUT2D eigenvalue weighted by Crippen LogP contribution is -2.14. The van der Waals surface area contributed by atoms with E-state index < -0.39 is 5.56 Å². The molecule has 0 unspecified atom stereocenters. The summed E-state index contributed by atoms with van der Waals surface area (Å²) in [4.78, 5) is 11.3. The van der Waals surface area contributed by atoms with E-state index in [1.807, 2.05) is 0 Å². The lowest BCUT2D eigenvalue weighted by atomic mass is 10.2. The molecule has 2 rings (SSSR count). The summed E-state index contributed by atoms with van der Waals surface area (Å²) in [6.07, 6.45) is 1.61. The number of hydrogen-bond acceptors (Lipinski definition) is 3. The summed E-state index contributed by atoms with van der Waals surface area (Å²) >= 11 is 0. The molecule has 1 N–H and O–H groups in total. The van der Waals surface area contributed by atoms with Crippen LogP contribution in [0.15, 0.2) is 35.1 Å². The van der Waals surface area contributed by atoms with Gasteiger partial charge >= 0.3 is 0 Å². The van der Waals surface area contributed by atoms with Crippen LogP contribution >= 0.6 is 0 Å². The van der Waals surface area contributed by atoms with Crippen molar-refractivity contribution in [3.05, 3.63) is 40.7 Å². The predicted molar refractivity (Wildman–Crippen MR) is 50.9 cm³/mol. The fourth-order valence-electron chi connectivity index (χ4n) is 1.35. The van der Waals surface area contributed by atoms with Gasteiger partial charge in [0.1, 0.15) is 0 Å². The molecular formula is C10H6N2O2. The van der Waals surface area contributed by atoms with E-state index in [0.717, 1.165) is 0 Å². The molecule has 0 aliphatic heterocycles. The molecule has 0 spiro atoms. The Morgan fingerprint density at radius 1 is 1.36 bits per heavy atom. The summed E-state index contributed by atoms with van der Waals surface area (Å²) < 4.78 is 0.655. The smallest absolute Gasteiger partial charge is 0.267 e. The summed E-state index contributed by atoms with van der Waals surface area (Å²) in [5.74, 6) is -0.310. The molecule has 68 valence electrons. The maximum Gasteiger partial charge on any atom is 0.267 e. The Labute approximate surface area is 79.3 Å². The molecule has 0 amide bonds. The number of benzene rings is 1. The topological polar surface area (TPSA) is 66.0 Å². The molecule has 1 aromatic heterocycles. The predicted octanol–water partition coefficient (Wildman–Crippen LogP) is 1.04. The highest BCUT2D eigenvalue weighted by atomic mass is 16.3. The quantitative estimate of drug-likeness (QED) is 0.668. The van der Waals surface area contributed by atoms with Crippen LogP contribution in [-0.2, 0) is 0 Å². The zero-order valence-electron chi connectivity index (χ0n) is 7.14. The van der Waals surface area contributed by atoms with Crippen LogP contribution in [0, 0.1) is 11.5 Å². The van der Waals surface area contributed by atoms with Gasteiger partial charge in [-0.1, -0.05) is 18.2 Å². The van der Waals surface area contributed by atoms with E-state index in [2.05, 4.69) is 0 Å². The Hall–Kier alpha value is -2.28. The van der Waals surface area contributed by atoms with Crippen molar-refractivity contribution >= 4 is 10.8 Å². The maximum atomic E-state index is 11.3. The minimum atomic E-state index is -0.524. The second kappa shape index (κ2) is 2.89. The summed E-state index contributed by atoms with van der Waals surface area (Å²) in [6, 6.07) is 8.17. The van der Waals surface area contributed by atoms with Gasteiger partial charge in [0.15, 0.2) is 6.19 Å². The van der Waals surface area contributed by atoms with Crippen LogP contribution in [0.3, 0.4) is 0 Å². The molecule has 0 saturated heterocycles. The molecule has 4 nitrogen and oxygen atoms in total. The van der Waals surface area contributed by atoms with Crippen LogP contribution in [0.2, 0.25) is 0 Å². The van der Waals surface area contributed by atoms with Crippen molar-refractivity contribution in [1.29, 1.82) is 5.26 Å². The van der Waals surface area contributed by atoms with Crippen LogP contribution in [0.1, 0.15) is 0 Å². The first-order chi connectivity index (χ1) is 6.74. The molecule has 14 heavy (non-hydrogen) atoms. The van der Waals surface area contributed by atoms with Crippen LogP contribution in [-0.4, -0.2) is 9.67 Å². The van der Waals surface area contributed by atoms with Gasteiger partial charge in [0, 0.05) is 11.5 Å². The second-order valence-corrected chi connectivity index (χ2v) is 2.83. The molecule has 0 fully saturated rings. The van der Waals surface area contributed by atoms with Crippen molar-refractivity contribution < 1.29 is 5.11 Å². The molecule has 1 aromatic carbocycles. The third kappa shape index (κ3) is 1.04. The molecule has 0 bridgehead atoms. The summed E-state index contributed by atoms with van der Waals surface area (Å²) in [7, 11) is 0. The highest BCUT2D eigenvalue weighted by Crippen LogP contribution is 2.20. The van der Waals surface area contributed by atoms with Crippen LogP contribution in [0.5, 0.6) is 5.88 Å². The first-order valence-corrected chi connectivity index (χ1v) is 3.98. The average Bonchev–Trinajstić information content (AvgIpc) is 2.18. The van der Waals surface area contributed by atoms with Gasteiger partial charge in [-0.05, 0) is 11.5 Å². The van der Waals surface area contributed by atoms with Crippen molar-refractivity contribution in [2.75, 3.05) is 0 Å². The van der Waals surface area contributed by atoms with E-state index in [1.165, 1.54) is 6.07 Å². The number of nitrogens with zero attached hydrogens (tertiary/aromatic N) is 2. The van der Waals surface area contributed by atoms with Crippen LogP contribution in [0.25, 0.3) is 10.8 Å². The molecular weight excluding hydrogens is 180 g/mol. The number of aromatic nitrogens is 1. The average molecular weight is 186 g/mol.